The quantitative estimate of drug-likeness (QED) is 0.882. The molecule has 0 bridgehead atoms. The lowest BCUT2D eigenvalue weighted by molar-refractivity contribution is -0.0416. The fourth-order valence-corrected chi connectivity index (χ4v) is 2.87. The molecule has 110 valence electrons. The molecule has 3 rings (SSSR count). The number of fused-ring (bicyclic) bond motifs is 1. The molecule has 2 aliphatic rings. The molecule has 0 spiro atoms. The Morgan fingerprint density at radius 3 is 3.20 bits per heavy atom. The van der Waals surface area contributed by atoms with Gasteiger partial charge in [-0.25, -0.2) is 0 Å². The molecule has 8 heteroatoms. The maximum atomic E-state index is 5.86. The summed E-state index contributed by atoms with van der Waals surface area (Å²) >= 11 is 5.80. The Balaban J connectivity index is 1.55. The average Bonchev–Trinajstić information content (AvgIpc) is 2.92. The maximum Gasteiger partial charge on any atom is 0.322 e. The molecule has 2 atom stereocenters. The number of anilines is 1. The van der Waals surface area contributed by atoms with Crippen LogP contribution in [0.3, 0.4) is 0 Å². The van der Waals surface area contributed by atoms with Crippen molar-refractivity contribution in [2.75, 3.05) is 38.7 Å². The van der Waals surface area contributed by atoms with Crippen molar-refractivity contribution < 1.29 is 9.47 Å². The van der Waals surface area contributed by atoms with Gasteiger partial charge in [-0.2, -0.15) is 15.0 Å². The Labute approximate surface area is 122 Å². The summed E-state index contributed by atoms with van der Waals surface area (Å²) in [7, 11) is 1.49. The fourth-order valence-electron chi connectivity index (χ4n) is 2.72. The van der Waals surface area contributed by atoms with E-state index < -0.39 is 0 Å². The topological polar surface area (TPSA) is 72.4 Å². The van der Waals surface area contributed by atoms with Crippen LogP contribution in [0, 0.1) is 0 Å². The van der Waals surface area contributed by atoms with Gasteiger partial charge in [0.25, 0.3) is 0 Å². The lowest BCUT2D eigenvalue weighted by Gasteiger charge is -2.35. The number of nitrogens with zero attached hydrogens (tertiary/aromatic N) is 4. The lowest BCUT2D eigenvalue weighted by atomic mass is 10.2. The van der Waals surface area contributed by atoms with Gasteiger partial charge in [0.1, 0.15) is 0 Å². The highest BCUT2D eigenvalue weighted by molar-refractivity contribution is 6.28. The van der Waals surface area contributed by atoms with Crippen molar-refractivity contribution >= 4 is 17.5 Å². The van der Waals surface area contributed by atoms with E-state index in [-0.39, 0.29) is 17.4 Å². The highest BCUT2D eigenvalue weighted by Crippen LogP contribution is 2.22. The number of methoxy groups -OCH3 is 1. The Morgan fingerprint density at radius 2 is 2.35 bits per heavy atom. The van der Waals surface area contributed by atoms with Crippen molar-refractivity contribution in [3.8, 4) is 6.01 Å². The van der Waals surface area contributed by atoms with Gasteiger partial charge in [-0.05, 0) is 31.0 Å². The van der Waals surface area contributed by atoms with Gasteiger partial charge in [-0.3, -0.25) is 4.90 Å². The van der Waals surface area contributed by atoms with Gasteiger partial charge >= 0.3 is 6.01 Å². The highest BCUT2D eigenvalue weighted by Gasteiger charge is 2.32. The summed E-state index contributed by atoms with van der Waals surface area (Å²) in [6, 6.07) is 0.814. The van der Waals surface area contributed by atoms with Crippen LogP contribution in [-0.4, -0.2) is 65.3 Å². The van der Waals surface area contributed by atoms with E-state index in [0.717, 1.165) is 13.2 Å². The summed E-state index contributed by atoms with van der Waals surface area (Å²) < 4.78 is 10.8. The third-order valence-electron chi connectivity index (χ3n) is 3.72. The Hall–Kier alpha value is -1.18. The van der Waals surface area contributed by atoms with Gasteiger partial charge < -0.3 is 14.8 Å². The predicted octanol–water partition coefficient (Wildman–Crippen LogP) is 0.809. The first kappa shape index (κ1) is 13.8. The van der Waals surface area contributed by atoms with Crippen LogP contribution in [0.5, 0.6) is 6.01 Å². The normalized spacial score (nSPS) is 26.3. The summed E-state index contributed by atoms with van der Waals surface area (Å²) in [4.78, 5) is 14.4. The average molecular weight is 300 g/mol. The van der Waals surface area contributed by atoms with Crippen molar-refractivity contribution in [1.82, 2.24) is 19.9 Å². The standard InChI is InChI=1S/C12H18ClN5O2/c1-19-12-16-10(13)15-11(17-12)14-5-9-6-18-4-2-3-8(18)7-20-9/h8-9H,2-7H2,1H3,(H,14,15,16,17). The number of morpholine rings is 1. The van der Waals surface area contributed by atoms with E-state index in [2.05, 4.69) is 25.2 Å². The molecule has 0 radical (unpaired) electrons. The van der Waals surface area contributed by atoms with Crippen molar-refractivity contribution in [1.29, 1.82) is 0 Å². The molecule has 1 aromatic rings. The molecule has 1 N–H and O–H groups in total. The number of aromatic nitrogens is 3. The SMILES string of the molecule is COc1nc(Cl)nc(NCC2CN3CCCC3CO2)n1. The van der Waals surface area contributed by atoms with Gasteiger partial charge in [-0.15, -0.1) is 0 Å². The first-order valence-corrected chi connectivity index (χ1v) is 7.17. The van der Waals surface area contributed by atoms with Crippen molar-refractivity contribution in [2.24, 2.45) is 0 Å². The minimum atomic E-state index is 0.114. The molecule has 0 saturated carbocycles. The summed E-state index contributed by atoms with van der Waals surface area (Å²) in [6.45, 7) is 3.59. The van der Waals surface area contributed by atoms with Crippen LogP contribution in [0.25, 0.3) is 0 Å². The summed E-state index contributed by atoms with van der Waals surface area (Å²) in [5.41, 5.74) is 0. The van der Waals surface area contributed by atoms with E-state index in [0.29, 0.717) is 18.5 Å². The first-order valence-electron chi connectivity index (χ1n) is 6.79. The molecule has 3 heterocycles. The Morgan fingerprint density at radius 1 is 1.45 bits per heavy atom. The molecule has 2 saturated heterocycles. The first-order chi connectivity index (χ1) is 9.74. The molecule has 0 aromatic carbocycles. The van der Waals surface area contributed by atoms with Crippen molar-refractivity contribution in [3.63, 3.8) is 0 Å². The molecule has 2 unspecified atom stereocenters. The number of rotatable bonds is 4. The van der Waals surface area contributed by atoms with Crippen LogP contribution < -0.4 is 10.1 Å². The number of halogens is 1. The number of ether oxygens (including phenoxy) is 2. The zero-order valence-corrected chi connectivity index (χ0v) is 12.1. The maximum absolute atomic E-state index is 5.86. The molecule has 1 aromatic heterocycles. The smallest absolute Gasteiger partial charge is 0.322 e. The van der Waals surface area contributed by atoms with E-state index in [1.807, 2.05) is 0 Å². The highest BCUT2D eigenvalue weighted by atomic mass is 35.5. The largest absolute Gasteiger partial charge is 0.467 e. The molecular formula is C12H18ClN5O2. The van der Waals surface area contributed by atoms with E-state index in [4.69, 9.17) is 21.1 Å². The van der Waals surface area contributed by atoms with Crippen LogP contribution >= 0.6 is 11.6 Å². The number of hydrogen-bond acceptors (Lipinski definition) is 7. The second kappa shape index (κ2) is 6.07. The van der Waals surface area contributed by atoms with Crippen LogP contribution in [0.1, 0.15) is 12.8 Å². The van der Waals surface area contributed by atoms with E-state index in [1.54, 1.807) is 0 Å². The monoisotopic (exact) mass is 299 g/mol. The lowest BCUT2D eigenvalue weighted by Crippen LogP contribution is -2.48. The van der Waals surface area contributed by atoms with Gasteiger partial charge in [0.05, 0.1) is 19.8 Å². The summed E-state index contributed by atoms with van der Waals surface area (Å²) in [5, 5.41) is 3.25. The van der Waals surface area contributed by atoms with E-state index in [9.17, 15) is 0 Å². The molecule has 7 nitrogen and oxygen atoms in total. The van der Waals surface area contributed by atoms with Crippen LogP contribution in [0.15, 0.2) is 0 Å². The molecular weight excluding hydrogens is 282 g/mol. The minimum Gasteiger partial charge on any atom is -0.467 e. The van der Waals surface area contributed by atoms with E-state index in [1.165, 1.54) is 26.5 Å². The fraction of sp³-hybridized carbons (Fsp3) is 0.750. The molecule has 20 heavy (non-hydrogen) atoms. The van der Waals surface area contributed by atoms with Crippen LogP contribution in [0.4, 0.5) is 5.95 Å². The van der Waals surface area contributed by atoms with Crippen molar-refractivity contribution in [2.45, 2.75) is 25.0 Å². The summed E-state index contributed by atoms with van der Waals surface area (Å²) in [5.74, 6) is 0.411. The molecule has 2 aliphatic heterocycles. The number of nitrogens with one attached hydrogen (secondary N) is 1. The van der Waals surface area contributed by atoms with Crippen LogP contribution in [0.2, 0.25) is 5.28 Å². The zero-order valence-electron chi connectivity index (χ0n) is 11.4. The molecule has 2 fully saturated rings. The summed E-state index contributed by atoms with van der Waals surface area (Å²) in [6.07, 6.45) is 2.67. The second-order valence-corrected chi connectivity index (χ2v) is 5.38. The minimum absolute atomic E-state index is 0.114. The van der Waals surface area contributed by atoms with Gasteiger partial charge in [0.15, 0.2) is 0 Å². The zero-order chi connectivity index (χ0) is 13.9. The molecule has 0 aliphatic carbocycles. The number of hydrogen-bond donors (Lipinski definition) is 1. The van der Waals surface area contributed by atoms with Gasteiger partial charge in [0, 0.05) is 19.1 Å². The third-order valence-corrected chi connectivity index (χ3v) is 3.89. The van der Waals surface area contributed by atoms with Gasteiger partial charge in [0.2, 0.25) is 11.2 Å². The van der Waals surface area contributed by atoms with E-state index >= 15 is 0 Å². The van der Waals surface area contributed by atoms with Crippen molar-refractivity contribution in [3.05, 3.63) is 5.28 Å². The second-order valence-electron chi connectivity index (χ2n) is 5.04. The molecule has 0 amide bonds. The Kier molecular flexibility index (Phi) is 4.18. The predicted molar refractivity (Wildman–Crippen MR) is 74.2 cm³/mol. The van der Waals surface area contributed by atoms with Gasteiger partial charge in [-0.1, -0.05) is 0 Å². The third kappa shape index (κ3) is 3.11. The van der Waals surface area contributed by atoms with Crippen LogP contribution in [-0.2, 0) is 4.74 Å². The Bertz CT molecular complexity index is 475.